The highest BCUT2D eigenvalue weighted by atomic mass is 35.5. The van der Waals surface area contributed by atoms with Crippen LogP contribution in [0.1, 0.15) is 74.5 Å². The number of likely N-dealkylation sites (tertiary alicyclic amines) is 1. The molecule has 1 saturated heterocycles. The van der Waals surface area contributed by atoms with Crippen molar-refractivity contribution in [3.8, 4) is 0 Å². The molecular weight excluding hydrogens is 473 g/mol. The van der Waals surface area contributed by atoms with E-state index < -0.39 is 35.3 Å². The first-order valence-electron chi connectivity index (χ1n) is 11.7. The van der Waals surface area contributed by atoms with Gasteiger partial charge in [0.15, 0.2) is 5.78 Å². The quantitative estimate of drug-likeness (QED) is 0.539. The number of ketones is 1. The highest BCUT2D eigenvalue weighted by molar-refractivity contribution is 6.35. The zero-order chi connectivity index (χ0) is 25.8. The average molecular weight is 504 g/mol. The van der Waals surface area contributed by atoms with Crippen molar-refractivity contribution in [2.24, 2.45) is 5.92 Å². The topological polar surface area (TPSA) is 88.6 Å². The van der Waals surface area contributed by atoms with Crippen LogP contribution in [0.3, 0.4) is 0 Å². The molecule has 0 aliphatic carbocycles. The Morgan fingerprint density at radius 2 is 2.03 bits per heavy atom. The molecule has 1 aromatic carbocycles. The maximum Gasteiger partial charge on any atom is 0.410 e. The molecule has 1 N–H and O–H groups in total. The third-order valence-electron chi connectivity index (χ3n) is 5.82. The van der Waals surface area contributed by atoms with Crippen molar-refractivity contribution in [3.63, 3.8) is 0 Å². The number of hydrogen-bond acceptors (Lipinski definition) is 5. The summed E-state index contributed by atoms with van der Waals surface area (Å²) in [6.07, 6.45) is 4.08. The maximum atomic E-state index is 15.6. The molecule has 1 aromatic heterocycles. The summed E-state index contributed by atoms with van der Waals surface area (Å²) in [4.78, 5) is 43.9. The Bertz CT molecular complexity index is 1090. The molecule has 9 heteroatoms. The molecule has 1 fully saturated rings. The number of benzene rings is 1. The number of hydrogen-bond donors (Lipinski definition) is 1. The SMILES string of the molecule is CC[C@H](NC(=O)C1CCCN(C(=O)OC(C)(C)C)C1)c1ccc(Cl)c(C(=O)c2cccnc2)c1F. The van der Waals surface area contributed by atoms with Crippen molar-refractivity contribution in [2.45, 2.75) is 58.6 Å². The molecule has 1 aliphatic rings. The number of carbonyl (C=O) groups is 3. The maximum absolute atomic E-state index is 15.6. The first-order valence-corrected chi connectivity index (χ1v) is 12.1. The predicted molar refractivity (Wildman–Crippen MR) is 131 cm³/mol. The highest BCUT2D eigenvalue weighted by Crippen LogP contribution is 2.30. The molecule has 0 spiro atoms. The van der Waals surface area contributed by atoms with Gasteiger partial charge in [-0.1, -0.05) is 24.6 Å². The first kappa shape index (κ1) is 26.6. The summed E-state index contributed by atoms with van der Waals surface area (Å²) >= 11 is 6.20. The first-order chi connectivity index (χ1) is 16.5. The minimum atomic E-state index is -0.766. The van der Waals surface area contributed by atoms with Gasteiger partial charge in [-0.2, -0.15) is 0 Å². The van der Waals surface area contributed by atoms with E-state index >= 15 is 4.39 Å². The van der Waals surface area contributed by atoms with E-state index in [0.29, 0.717) is 25.8 Å². The summed E-state index contributed by atoms with van der Waals surface area (Å²) < 4.78 is 21.0. The van der Waals surface area contributed by atoms with E-state index in [1.807, 2.05) is 6.92 Å². The van der Waals surface area contributed by atoms with Crippen LogP contribution in [0.4, 0.5) is 9.18 Å². The predicted octanol–water partition coefficient (Wildman–Crippen LogP) is 5.32. The Hall–Kier alpha value is -3.00. The van der Waals surface area contributed by atoms with Crippen LogP contribution in [0.2, 0.25) is 5.02 Å². The van der Waals surface area contributed by atoms with Crippen LogP contribution in [0.15, 0.2) is 36.7 Å². The van der Waals surface area contributed by atoms with E-state index in [4.69, 9.17) is 16.3 Å². The lowest BCUT2D eigenvalue weighted by atomic mass is 9.94. The van der Waals surface area contributed by atoms with Gasteiger partial charge >= 0.3 is 6.09 Å². The Balaban J connectivity index is 1.77. The monoisotopic (exact) mass is 503 g/mol. The number of ether oxygens (including phenoxy) is 1. The van der Waals surface area contributed by atoms with Crippen molar-refractivity contribution in [2.75, 3.05) is 13.1 Å². The summed E-state index contributed by atoms with van der Waals surface area (Å²) in [6.45, 7) is 7.93. The molecule has 0 saturated carbocycles. The molecule has 7 nitrogen and oxygen atoms in total. The molecule has 3 rings (SSSR count). The summed E-state index contributed by atoms with van der Waals surface area (Å²) in [6, 6.07) is 5.40. The number of carbonyl (C=O) groups excluding carboxylic acids is 3. The zero-order valence-electron chi connectivity index (χ0n) is 20.4. The number of pyridine rings is 1. The number of aromatic nitrogens is 1. The van der Waals surface area contributed by atoms with Gasteiger partial charge in [0.05, 0.1) is 22.5 Å². The molecule has 0 bridgehead atoms. The lowest BCUT2D eigenvalue weighted by Gasteiger charge is -2.34. The van der Waals surface area contributed by atoms with Crippen LogP contribution in [-0.2, 0) is 9.53 Å². The lowest BCUT2D eigenvalue weighted by Crippen LogP contribution is -2.47. The summed E-state index contributed by atoms with van der Waals surface area (Å²) in [5, 5.41) is 2.89. The molecule has 1 unspecified atom stereocenters. The van der Waals surface area contributed by atoms with E-state index in [1.165, 1.54) is 35.5 Å². The molecule has 35 heavy (non-hydrogen) atoms. The Labute approximate surface area is 210 Å². The molecule has 188 valence electrons. The number of nitrogens with one attached hydrogen (secondary N) is 1. The van der Waals surface area contributed by atoms with Crippen LogP contribution in [0.5, 0.6) is 0 Å². The molecule has 1 aliphatic heterocycles. The van der Waals surface area contributed by atoms with Crippen LogP contribution < -0.4 is 5.32 Å². The number of rotatable bonds is 6. The average Bonchev–Trinajstić information content (AvgIpc) is 2.82. The van der Waals surface area contributed by atoms with Gasteiger partial charge in [0.25, 0.3) is 0 Å². The second-order valence-electron chi connectivity index (χ2n) is 9.63. The largest absolute Gasteiger partial charge is 0.444 e. The van der Waals surface area contributed by atoms with Crippen LogP contribution >= 0.6 is 11.6 Å². The van der Waals surface area contributed by atoms with E-state index in [9.17, 15) is 14.4 Å². The summed E-state index contributed by atoms with van der Waals surface area (Å²) in [7, 11) is 0. The van der Waals surface area contributed by atoms with Crippen molar-refractivity contribution in [1.29, 1.82) is 0 Å². The molecule has 0 radical (unpaired) electrons. The van der Waals surface area contributed by atoms with E-state index in [-0.39, 0.29) is 34.2 Å². The lowest BCUT2D eigenvalue weighted by molar-refractivity contribution is -0.127. The van der Waals surface area contributed by atoms with Crippen LogP contribution in [0.25, 0.3) is 0 Å². The zero-order valence-corrected chi connectivity index (χ0v) is 21.2. The van der Waals surface area contributed by atoms with Gasteiger partial charge in [-0.3, -0.25) is 14.6 Å². The second kappa shape index (κ2) is 11.2. The normalized spacial score (nSPS) is 17.0. The molecule has 2 aromatic rings. The number of amides is 2. The van der Waals surface area contributed by atoms with E-state index in [0.717, 1.165) is 0 Å². The fourth-order valence-corrected chi connectivity index (χ4v) is 4.29. The molecule has 2 heterocycles. The van der Waals surface area contributed by atoms with Crippen molar-refractivity contribution < 1.29 is 23.5 Å². The smallest absolute Gasteiger partial charge is 0.410 e. The molecule has 2 amide bonds. The van der Waals surface area contributed by atoms with Crippen molar-refractivity contribution >= 4 is 29.4 Å². The minimum absolute atomic E-state index is 0.0124. The van der Waals surface area contributed by atoms with Crippen LogP contribution in [0, 0.1) is 11.7 Å². The number of nitrogens with zero attached hydrogens (tertiary/aromatic N) is 2. The van der Waals surface area contributed by atoms with Gasteiger partial charge in [-0.15, -0.1) is 0 Å². The van der Waals surface area contributed by atoms with E-state index in [2.05, 4.69) is 10.3 Å². The summed E-state index contributed by atoms with van der Waals surface area (Å²) in [5.74, 6) is -2.07. The Morgan fingerprint density at radius 3 is 2.66 bits per heavy atom. The van der Waals surface area contributed by atoms with Gasteiger partial charge in [-0.05, 0) is 58.2 Å². The number of piperidine rings is 1. The van der Waals surface area contributed by atoms with Crippen LogP contribution in [-0.4, -0.2) is 46.4 Å². The Morgan fingerprint density at radius 1 is 1.29 bits per heavy atom. The van der Waals surface area contributed by atoms with E-state index in [1.54, 1.807) is 26.8 Å². The van der Waals surface area contributed by atoms with Gasteiger partial charge in [0.1, 0.15) is 11.4 Å². The van der Waals surface area contributed by atoms with Gasteiger partial charge in [0, 0.05) is 36.6 Å². The highest BCUT2D eigenvalue weighted by Gasteiger charge is 2.32. The van der Waals surface area contributed by atoms with Crippen molar-refractivity contribution in [3.05, 3.63) is 64.2 Å². The standard InChI is InChI=1S/C26H31ClFN3O4/c1-5-20(30-24(33)17-9-7-13-31(15-17)25(34)35-26(2,3)4)18-10-11-19(27)21(22(18)28)23(32)16-8-6-12-29-14-16/h6,8,10-12,14,17,20H,5,7,9,13,15H2,1-4H3,(H,30,33)/t17?,20-/m0/s1. The Kier molecular flexibility index (Phi) is 8.48. The fourth-order valence-electron chi connectivity index (χ4n) is 4.06. The van der Waals surface area contributed by atoms with Gasteiger partial charge < -0.3 is 15.0 Å². The van der Waals surface area contributed by atoms with Gasteiger partial charge in [-0.25, -0.2) is 9.18 Å². The number of halogens is 2. The van der Waals surface area contributed by atoms with Crippen molar-refractivity contribution in [1.82, 2.24) is 15.2 Å². The molecule has 2 atom stereocenters. The third kappa shape index (κ3) is 6.57. The minimum Gasteiger partial charge on any atom is -0.444 e. The third-order valence-corrected chi connectivity index (χ3v) is 6.13. The summed E-state index contributed by atoms with van der Waals surface area (Å²) in [5.41, 5.74) is -0.487. The fraction of sp³-hybridized carbons (Fsp3) is 0.462. The molecular formula is C26H31ClFN3O4. The second-order valence-corrected chi connectivity index (χ2v) is 10.0. The van der Waals surface area contributed by atoms with Gasteiger partial charge in [0.2, 0.25) is 5.91 Å².